The molecule has 0 unspecified atom stereocenters. The largest absolute Gasteiger partial charge is 0.375 e. The van der Waals surface area contributed by atoms with E-state index in [1.54, 1.807) is 0 Å². The van der Waals surface area contributed by atoms with E-state index in [1.807, 2.05) is 35.2 Å². The van der Waals surface area contributed by atoms with E-state index in [-0.39, 0.29) is 42.3 Å². The first kappa shape index (κ1) is 40.5. The minimum atomic E-state index is -0.838. The number of hydrogen-bond acceptors (Lipinski definition) is 6. The van der Waals surface area contributed by atoms with Crippen LogP contribution in [0.3, 0.4) is 0 Å². The number of nitrogens with one attached hydrogen (secondary N) is 2. The number of nitrogens with zero attached hydrogens (tertiary/aromatic N) is 4. The van der Waals surface area contributed by atoms with E-state index in [0.29, 0.717) is 24.3 Å². The zero-order chi connectivity index (χ0) is 42.5. The fourth-order valence-corrected chi connectivity index (χ4v) is 9.89. The van der Waals surface area contributed by atoms with E-state index in [4.69, 9.17) is 14.7 Å². The topological polar surface area (TPSA) is 120 Å². The summed E-state index contributed by atoms with van der Waals surface area (Å²) in [5.41, 5.74) is 8.16. The number of fused-ring (bicyclic) bond motifs is 6. The van der Waals surface area contributed by atoms with Gasteiger partial charge in [0.05, 0.1) is 28.8 Å². The van der Waals surface area contributed by atoms with Crippen LogP contribution in [0, 0.1) is 23.7 Å². The molecule has 6 aromatic rings. The lowest BCUT2D eigenvalue weighted by Crippen LogP contribution is -2.44. The number of likely N-dealkylation sites (tertiary alicyclic amines) is 2. The Balaban J connectivity index is 0.974. The number of amides is 3. The van der Waals surface area contributed by atoms with E-state index >= 15 is 0 Å². The maximum absolute atomic E-state index is 14.4. The molecule has 3 aliphatic rings. The van der Waals surface area contributed by atoms with Crippen molar-refractivity contribution in [2.75, 3.05) is 26.8 Å². The maximum Gasteiger partial charge on any atom is 0.250 e. The van der Waals surface area contributed by atoms with Gasteiger partial charge in [0.1, 0.15) is 18.5 Å². The smallest absolute Gasteiger partial charge is 0.250 e. The molecular formula is C51H56N6O4. The first-order chi connectivity index (χ1) is 29.5. The lowest BCUT2D eigenvalue weighted by atomic mass is 9.93. The number of aliphatic imine (C=N–C) groups is 1. The van der Waals surface area contributed by atoms with Crippen LogP contribution in [0.4, 0.5) is 5.69 Å². The Labute approximate surface area is 357 Å². The maximum atomic E-state index is 14.4. The van der Waals surface area contributed by atoms with Crippen LogP contribution in [-0.2, 0) is 25.5 Å². The van der Waals surface area contributed by atoms with Crippen LogP contribution in [0.15, 0.2) is 96.0 Å². The molecule has 9 rings (SSSR count). The van der Waals surface area contributed by atoms with Crippen molar-refractivity contribution in [3.63, 3.8) is 0 Å². The van der Waals surface area contributed by atoms with Crippen LogP contribution >= 0.6 is 0 Å². The normalized spacial score (nSPS) is 21.1. The second-order valence-electron chi connectivity index (χ2n) is 18.0. The second-order valence-corrected chi connectivity index (χ2v) is 18.0. The summed E-state index contributed by atoms with van der Waals surface area (Å²) in [6.45, 7) is 12.0. The average molecular weight is 817 g/mol. The molecule has 0 bridgehead atoms. The standard InChI is InChI=1S/C51H56N6O4/c1-7-32-22-45(57(27-32)51(60)47(54-46(58)28-61-6)33-11-9-8-10-12-33)49-53-42-20-16-37-24-35(14-18-39(37)48(42)55-49)34-13-17-38-36(23-34)15-19-41-40(38)25-43(52-41)44-21-30(4)26-56(44)50(59)31(5)29(2)3/h8-20,23-24,29-32,44-45,47H,7,21-22,25-28H2,1-6H3,(H,53,55)(H,54,58)/t30-,31-,32-,44-,45-,47+/m0/s1. The van der Waals surface area contributed by atoms with Gasteiger partial charge < -0.3 is 24.8 Å². The van der Waals surface area contributed by atoms with Crippen LogP contribution in [-0.4, -0.2) is 76.0 Å². The van der Waals surface area contributed by atoms with Crippen LogP contribution < -0.4 is 5.32 Å². The van der Waals surface area contributed by atoms with Gasteiger partial charge in [-0.05, 0) is 93.3 Å². The summed E-state index contributed by atoms with van der Waals surface area (Å²) >= 11 is 0. The number of H-pyrrole nitrogens is 1. The van der Waals surface area contributed by atoms with Gasteiger partial charge in [-0.15, -0.1) is 0 Å². The Kier molecular flexibility index (Phi) is 11.0. The zero-order valence-electron chi connectivity index (χ0n) is 36.1. The van der Waals surface area contributed by atoms with Crippen molar-refractivity contribution in [3.05, 3.63) is 108 Å². The van der Waals surface area contributed by atoms with Gasteiger partial charge in [-0.3, -0.25) is 19.4 Å². The Hall–Kier alpha value is -5.87. The Morgan fingerprint density at radius 1 is 0.836 bits per heavy atom. The molecule has 61 heavy (non-hydrogen) atoms. The van der Waals surface area contributed by atoms with Gasteiger partial charge in [-0.1, -0.05) is 108 Å². The summed E-state index contributed by atoms with van der Waals surface area (Å²) < 4.78 is 5.08. The summed E-state index contributed by atoms with van der Waals surface area (Å²) in [4.78, 5) is 58.7. The molecule has 0 spiro atoms. The minimum Gasteiger partial charge on any atom is -0.375 e. The number of aromatic amines is 1. The molecule has 10 heteroatoms. The zero-order valence-corrected chi connectivity index (χ0v) is 36.1. The Morgan fingerprint density at radius 2 is 1.54 bits per heavy atom. The van der Waals surface area contributed by atoms with Crippen molar-refractivity contribution in [2.24, 2.45) is 28.7 Å². The van der Waals surface area contributed by atoms with Crippen LogP contribution in [0.1, 0.15) is 82.9 Å². The van der Waals surface area contributed by atoms with Gasteiger partial charge in [0, 0.05) is 43.6 Å². The molecule has 0 aliphatic carbocycles. The summed E-state index contributed by atoms with van der Waals surface area (Å²) in [6, 6.07) is 30.2. The summed E-state index contributed by atoms with van der Waals surface area (Å²) in [5.74, 6) is 1.56. The van der Waals surface area contributed by atoms with Gasteiger partial charge >= 0.3 is 0 Å². The van der Waals surface area contributed by atoms with Crippen molar-refractivity contribution in [1.29, 1.82) is 0 Å². The average Bonchev–Trinajstić information content (AvgIpc) is 4.09. The summed E-state index contributed by atoms with van der Waals surface area (Å²) in [6.07, 6.45) is 3.45. The van der Waals surface area contributed by atoms with E-state index < -0.39 is 6.04 Å². The number of carbonyl (C=O) groups excluding carboxylic acids is 3. The monoisotopic (exact) mass is 816 g/mol. The molecular weight excluding hydrogens is 761 g/mol. The number of aromatic nitrogens is 2. The van der Waals surface area contributed by atoms with Crippen molar-refractivity contribution >= 4 is 61.7 Å². The third kappa shape index (κ3) is 7.60. The second kappa shape index (κ2) is 16.5. The van der Waals surface area contributed by atoms with Crippen molar-refractivity contribution < 1.29 is 19.1 Å². The molecule has 0 saturated carbocycles. The molecule has 2 fully saturated rings. The van der Waals surface area contributed by atoms with Gasteiger partial charge in [-0.2, -0.15) is 0 Å². The third-order valence-electron chi connectivity index (χ3n) is 13.6. The van der Waals surface area contributed by atoms with E-state index in [2.05, 4.69) is 110 Å². The number of benzene rings is 5. The predicted octanol–water partition coefficient (Wildman–Crippen LogP) is 9.50. The molecule has 6 atom stereocenters. The molecule has 2 N–H and O–H groups in total. The lowest BCUT2D eigenvalue weighted by Gasteiger charge is -2.29. The van der Waals surface area contributed by atoms with Crippen molar-refractivity contribution in [3.8, 4) is 11.1 Å². The molecule has 2 saturated heterocycles. The SMILES string of the molecule is CC[C@H]1C[C@@H](c2nc3c(ccc4cc(-c5ccc6c7c(ccc6c5)N=C([C@@H]5C[C@H](C)CN5C(=O)[C@@H](C)C(C)C)C7)ccc43)[nH]2)N(C(=O)[C@H](NC(=O)COC)c2ccccc2)C1. The predicted molar refractivity (Wildman–Crippen MR) is 243 cm³/mol. The quantitative estimate of drug-likeness (QED) is 0.135. The van der Waals surface area contributed by atoms with Crippen LogP contribution in [0.2, 0.25) is 0 Å². The lowest BCUT2D eigenvalue weighted by molar-refractivity contribution is -0.138. The Morgan fingerprint density at radius 3 is 2.26 bits per heavy atom. The first-order valence-electron chi connectivity index (χ1n) is 22.0. The van der Waals surface area contributed by atoms with E-state index in [9.17, 15) is 14.4 Å². The summed E-state index contributed by atoms with van der Waals surface area (Å²) in [7, 11) is 1.47. The highest BCUT2D eigenvalue weighted by Gasteiger charge is 2.42. The Bertz CT molecular complexity index is 2690. The first-order valence-corrected chi connectivity index (χ1v) is 22.0. The summed E-state index contributed by atoms with van der Waals surface area (Å²) in [5, 5.41) is 7.44. The molecule has 10 nitrogen and oxygen atoms in total. The van der Waals surface area contributed by atoms with Gasteiger partial charge in [0.2, 0.25) is 17.7 Å². The third-order valence-corrected chi connectivity index (χ3v) is 13.6. The highest BCUT2D eigenvalue weighted by atomic mass is 16.5. The van der Waals surface area contributed by atoms with Crippen molar-refractivity contribution in [2.45, 2.75) is 78.4 Å². The molecule has 3 amide bonds. The molecule has 3 aliphatic heterocycles. The van der Waals surface area contributed by atoms with Crippen LogP contribution in [0.25, 0.3) is 43.7 Å². The number of hydrogen-bond donors (Lipinski definition) is 2. The number of carbonyl (C=O) groups is 3. The molecule has 1 aromatic heterocycles. The van der Waals surface area contributed by atoms with Gasteiger partial charge in [0.15, 0.2) is 0 Å². The molecule has 0 radical (unpaired) electrons. The van der Waals surface area contributed by atoms with E-state index in [1.165, 1.54) is 23.4 Å². The number of imidazole rings is 1. The molecule has 4 heterocycles. The number of rotatable bonds is 11. The number of methoxy groups -OCH3 is 1. The van der Waals surface area contributed by atoms with E-state index in [0.717, 1.165) is 87.9 Å². The molecule has 314 valence electrons. The highest BCUT2D eigenvalue weighted by Crippen LogP contribution is 2.41. The minimum absolute atomic E-state index is 0.00831. The highest BCUT2D eigenvalue weighted by molar-refractivity contribution is 6.07. The van der Waals surface area contributed by atoms with Gasteiger partial charge in [0.25, 0.3) is 0 Å². The fraction of sp³-hybridized carbons (Fsp3) is 0.392. The fourth-order valence-electron chi connectivity index (χ4n) is 9.89. The van der Waals surface area contributed by atoms with Crippen LogP contribution in [0.5, 0.6) is 0 Å². The number of ether oxygens (including phenoxy) is 1. The van der Waals surface area contributed by atoms with Crippen molar-refractivity contribution in [1.82, 2.24) is 25.1 Å². The van der Waals surface area contributed by atoms with Gasteiger partial charge in [-0.25, -0.2) is 4.98 Å². The molecule has 5 aromatic carbocycles.